The van der Waals surface area contributed by atoms with Gasteiger partial charge in [0.25, 0.3) is 0 Å². The lowest BCUT2D eigenvalue weighted by atomic mass is 9.91. The van der Waals surface area contributed by atoms with Crippen LogP contribution in [0.25, 0.3) is 38.7 Å². The molecule has 0 radical (unpaired) electrons. The minimum absolute atomic E-state index is 0.00293. The van der Waals surface area contributed by atoms with Gasteiger partial charge in [0.2, 0.25) is 5.91 Å². The average Bonchev–Trinajstić information content (AvgIpc) is 3.93. The Balaban J connectivity index is 1.04. The van der Waals surface area contributed by atoms with E-state index in [0.717, 1.165) is 54.0 Å². The molecule has 0 aliphatic carbocycles. The van der Waals surface area contributed by atoms with E-state index in [1.165, 1.54) is 40.5 Å². The Hall–Kier alpha value is -4.21. The zero-order valence-corrected chi connectivity index (χ0v) is 28.0. The number of thioether (sulfide) groups is 1. The maximum atomic E-state index is 13.6. The van der Waals surface area contributed by atoms with Gasteiger partial charge in [-0.15, -0.1) is 11.8 Å². The van der Waals surface area contributed by atoms with Gasteiger partial charge in [-0.1, -0.05) is 62.4 Å². The minimum atomic E-state index is -0.411. The lowest BCUT2D eigenvalue weighted by Gasteiger charge is -2.29. The Morgan fingerprint density at radius 3 is 2.45 bits per heavy atom. The van der Waals surface area contributed by atoms with E-state index >= 15 is 0 Å². The van der Waals surface area contributed by atoms with Crippen LogP contribution in [0.2, 0.25) is 0 Å². The summed E-state index contributed by atoms with van der Waals surface area (Å²) in [5.74, 6) is 1.20. The molecule has 0 unspecified atom stereocenters. The van der Waals surface area contributed by atoms with E-state index in [2.05, 4.69) is 71.0 Å². The number of carbonyl (C=O) groups excluding carboxylic acids is 2. The number of H-pyrrole nitrogens is 1. The van der Waals surface area contributed by atoms with Gasteiger partial charge < -0.3 is 14.6 Å². The molecule has 2 fully saturated rings. The number of imidazole rings is 1. The second kappa shape index (κ2) is 13.5. The fourth-order valence-corrected chi connectivity index (χ4v) is 7.99. The maximum absolute atomic E-state index is 13.6. The van der Waals surface area contributed by atoms with Crippen molar-refractivity contribution in [2.45, 2.75) is 50.9 Å². The van der Waals surface area contributed by atoms with Crippen LogP contribution in [-0.2, 0) is 14.3 Å². The molecule has 0 saturated carbocycles. The summed E-state index contributed by atoms with van der Waals surface area (Å²) in [6, 6.07) is 21.8. The van der Waals surface area contributed by atoms with Crippen LogP contribution in [0.15, 0.2) is 78.1 Å². The van der Waals surface area contributed by atoms with Gasteiger partial charge in [0.05, 0.1) is 42.8 Å². The lowest BCUT2D eigenvalue weighted by Crippen LogP contribution is -2.39. The first-order valence-corrected chi connectivity index (χ1v) is 17.6. The summed E-state index contributed by atoms with van der Waals surface area (Å²) in [5.41, 5.74) is 8.08. The Kier molecular flexibility index (Phi) is 9.01. The number of ether oxygens (including phenoxy) is 1. The van der Waals surface area contributed by atoms with Gasteiger partial charge >= 0.3 is 5.97 Å². The molecule has 2 saturated heterocycles. The molecule has 9 heteroatoms. The first-order chi connectivity index (χ1) is 22.9. The average molecular weight is 648 g/mol. The molecule has 47 heavy (non-hydrogen) atoms. The van der Waals surface area contributed by atoms with Crippen LogP contribution in [0.3, 0.4) is 0 Å². The largest absolute Gasteiger partial charge is 0.469 e. The molecule has 2 N–H and O–H groups in total. The number of allylic oxidation sites excluding steroid dienone is 1. The van der Waals surface area contributed by atoms with Gasteiger partial charge in [-0.2, -0.15) is 0 Å². The number of aromatic amines is 1. The fraction of sp³-hybridized carbons (Fsp3) is 0.368. The summed E-state index contributed by atoms with van der Waals surface area (Å²) < 4.78 is 4.87. The molecule has 3 aromatic carbocycles. The molecule has 1 aromatic heterocycles. The van der Waals surface area contributed by atoms with Gasteiger partial charge in [0.15, 0.2) is 0 Å². The topological polar surface area (TPSA) is 99.7 Å². The molecule has 0 bridgehead atoms. The normalized spacial score (nSPS) is 20.1. The molecule has 7 rings (SSSR count). The number of nitrogens with one attached hydrogen (secondary N) is 2. The first kappa shape index (κ1) is 31.4. The Morgan fingerprint density at radius 2 is 1.72 bits per heavy atom. The second-order valence-electron chi connectivity index (χ2n) is 13.0. The van der Waals surface area contributed by atoms with E-state index in [4.69, 9.17) is 14.7 Å². The summed E-state index contributed by atoms with van der Waals surface area (Å²) in [6.07, 6.45) is 6.63. The molecule has 8 nitrogen and oxygen atoms in total. The molecule has 4 heterocycles. The van der Waals surface area contributed by atoms with Crippen molar-refractivity contribution in [3.63, 3.8) is 0 Å². The first-order valence-electron chi connectivity index (χ1n) is 16.6. The SMILES string of the molecule is COC(=O)C[C@H](C(=O)N1CCC[C@H]1c1ncc(-c2ccc3cc(-c4ccc(C5=CN=C([C@H]6NCCS6)C5)cc4)ccc3c2)[nH]1)C(C)C. The van der Waals surface area contributed by atoms with E-state index in [1.54, 1.807) is 0 Å². The van der Waals surface area contributed by atoms with Crippen molar-refractivity contribution < 1.29 is 14.3 Å². The number of aromatic nitrogens is 2. The highest BCUT2D eigenvalue weighted by molar-refractivity contribution is 8.00. The van der Waals surface area contributed by atoms with E-state index in [1.807, 2.05) is 42.9 Å². The number of hydrogen-bond acceptors (Lipinski definition) is 7. The van der Waals surface area contributed by atoms with E-state index in [9.17, 15) is 9.59 Å². The van der Waals surface area contributed by atoms with Crippen LogP contribution < -0.4 is 5.32 Å². The number of amides is 1. The second-order valence-corrected chi connectivity index (χ2v) is 14.2. The van der Waals surface area contributed by atoms with Crippen LogP contribution in [0.5, 0.6) is 0 Å². The number of carbonyl (C=O) groups is 2. The van der Waals surface area contributed by atoms with Gasteiger partial charge in [-0.3, -0.25) is 19.9 Å². The molecule has 4 aromatic rings. The van der Waals surface area contributed by atoms with Crippen molar-refractivity contribution in [1.29, 1.82) is 0 Å². The zero-order chi connectivity index (χ0) is 32.5. The predicted molar refractivity (Wildman–Crippen MR) is 190 cm³/mol. The monoisotopic (exact) mass is 647 g/mol. The molecular weight excluding hydrogens is 607 g/mol. The smallest absolute Gasteiger partial charge is 0.306 e. The fourth-order valence-electron chi connectivity index (χ4n) is 6.95. The van der Waals surface area contributed by atoms with Crippen molar-refractivity contribution >= 4 is 45.7 Å². The number of fused-ring (bicyclic) bond motifs is 1. The van der Waals surface area contributed by atoms with Crippen molar-refractivity contribution in [2.24, 2.45) is 16.8 Å². The van der Waals surface area contributed by atoms with Gasteiger partial charge in [0, 0.05) is 42.7 Å². The molecule has 1 amide bonds. The number of esters is 1. The van der Waals surface area contributed by atoms with Gasteiger partial charge in [-0.05, 0) is 63.9 Å². The summed E-state index contributed by atoms with van der Waals surface area (Å²) in [4.78, 5) is 40.4. The summed E-state index contributed by atoms with van der Waals surface area (Å²) in [7, 11) is 1.37. The van der Waals surface area contributed by atoms with Crippen molar-refractivity contribution in [2.75, 3.05) is 26.0 Å². The van der Waals surface area contributed by atoms with E-state index in [0.29, 0.717) is 11.9 Å². The van der Waals surface area contributed by atoms with Crippen LogP contribution in [0.1, 0.15) is 57.0 Å². The highest BCUT2D eigenvalue weighted by Crippen LogP contribution is 2.36. The van der Waals surface area contributed by atoms with Crippen LogP contribution in [0, 0.1) is 11.8 Å². The van der Waals surface area contributed by atoms with Crippen molar-refractivity contribution in [1.82, 2.24) is 20.2 Å². The molecule has 3 atom stereocenters. The Labute approximate surface area is 280 Å². The number of hydrogen-bond donors (Lipinski definition) is 2. The molecular formula is C38H41N5O3S. The van der Waals surface area contributed by atoms with E-state index < -0.39 is 5.92 Å². The van der Waals surface area contributed by atoms with Crippen LogP contribution >= 0.6 is 11.8 Å². The molecule has 3 aliphatic heterocycles. The van der Waals surface area contributed by atoms with Crippen molar-refractivity contribution in [3.05, 3.63) is 84.4 Å². The van der Waals surface area contributed by atoms with E-state index in [-0.39, 0.29) is 30.3 Å². The number of nitrogens with zero attached hydrogens (tertiary/aromatic N) is 3. The standard InChI is InChI=1S/C38H41N5O3S/c1-23(2)31(20-35(44)46-3)38(45)43-15-4-5-34(43)36-41-22-33(42-36)29-13-12-27-17-26(10-11-28(27)18-29)24-6-8-25(9-7-24)30-19-32(40-21-30)37-39-14-16-47-37/h6-13,17-18,21-23,31,34,37,39H,4-5,14-16,19-20H2,1-3H3,(H,41,42)/t31-,34-,37-/m0/s1. The minimum Gasteiger partial charge on any atom is -0.469 e. The Bertz CT molecular complexity index is 1850. The third kappa shape index (κ3) is 6.51. The number of likely N-dealkylation sites (tertiary alicyclic amines) is 1. The Morgan fingerprint density at radius 1 is 1.00 bits per heavy atom. The van der Waals surface area contributed by atoms with Gasteiger partial charge in [-0.25, -0.2) is 4.98 Å². The highest BCUT2D eigenvalue weighted by Gasteiger charge is 2.37. The number of rotatable bonds is 9. The maximum Gasteiger partial charge on any atom is 0.306 e. The van der Waals surface area contributed by atoms with Gasteiger partial charge in [0.1, 0.15) is 5.82 Å². The number of benzene rings is 3. The lowest BCUT2D eigenvalue weighted by molar-refractivity contribution is -0.148. The highest BCUT2D eigenvalue weighted by atomic mass is 32.2. The van der Waals surface area contributed by atoms with Crippen LogP contribution in [0.4, 0.5) is 0 Å². The zero-order valence-electron chi connectivity index (χ0n) is 27.2. The molecule has 3 aliphatic rings. The van der Waals surface area contributed by atoms with Crippen LogP contribution in [-0.4, -0.2) is 63.8 Å². The van der Waals surface area contributed by atoms with Crippen molar-refractivity contribution in [3.8, 4) is 22.4 Å². The summed E-state index contributed by atoms with van der Waals surface area (Å²) in [5, 5.41) is 6.21. The summed E-state index contributed by atoms with van der Waals surface area (Å²) >= 11 is 1.94. The third-order valence-electron chi connectivity index (χ3n) is 9.70. The molecule has 0 spiro atoms. The predicted octanol–water partition coefficient (Wildman–Crippen LogP) is 7.24. The quantitative estimate of drug-likeness (QED) is 0.186. The third-order valence-corrected chi connectivity index (χ3v) is 10.9. The number of aliphatic imine (C=N–C) groups is 1. The molecule has 242 valence electrons. The number of methoxy groups -OCH3 is 1. The summed E-state index contributed by atoms with van der Waals surface area (Å²) in [6.45, 7) is 5.68.